The molecule has 0 bridgehead atoms. The molecule has 7 nitrogen and oxygen atoms in total. The van der Waals surface area contributed by atoms with Crippen LogP contribution in [0.3, 0.4) is 0 Å². The lowest BCUT2D eigenvalue weighted by Gasteiger charge is -2.33. The third-order valence-corrected chi connectivity index (χ3v) is 6.07. The number of aromatic nitrogens is 2. The molecule has 1 amide bonds. The number of morpholine rings is 1. The molecule has 1 aromatic carbocycles. The van der Waals surface area contributed by atoms with E-state index in [-0.39, 0.29) is 11.9 Å². The molecular formula is C24H34N4O3. The van der Waals surface area contributed by atoms with Crippen molar-refractivity contribution in [1.82, 2.24) is 19.8 Å². The van der Waals surface area contributed by atoms with Gasteiger partial charge in [-0.05, 0) is 32.6 Å². The van der Waals surface area contributed by atoms with Crippen molar-refractivity contribution in [3.8, 4) is 11.4 Å². The molecule has 0 unspecified atom stereocenters. The van der Waals surface area contributed by atoms with E-state index < -0.39 is 6.10 Å². The van der Waals surface area contributed by atoms with E-state index in [0.29, 0.717) is 19.2 Å². The number of amides is 1. The maximum absolute atomic E-state index is 13.3. The van der Waals surface area contributed by atoms with E-state index in [1.54, 1.807) is 7.11 Å². The molecule has 0 spiro atoms. The molecule has 2 heterocycles. The van der Waals surface area contributed by atoms with Gasteiger partial charge in [0, 0.05) is 51.2 Å². The minimum absolute atomic E-state index is 0.0816. The van der Waals surface area contributed by atoms with Crippen LogP contribution in [-0.4, -0.2) is 65.9 Å². The number of hydrogen-bond acceptors (Lipinski definition) is 5. The molecule has 31 heavy (non-hydrogen) atoms. The summed E-state index contributed by atoms with van der Waals surface area (Å²) in [5, 5.41) is 3.27. The van der Waals surface area contributed by atoms with Gasteiger partial charge in [0.1, 0.15) is 11.9 Å². The van der Waals surface area contributed by atoms with Crippen molar-refractivity contribution in [3.63, 3.8) is 0 Å². The summed E-state index contributed by atoms with van der Waals surface area (Å²) in [5.41, 5.74) is 2.03. The van der Waals surface area contributed by atoms with Crippen molar-refractivity contribution >= 4 is 5.91 Å². The van der Waals surface area contributed by atoms with Gasteiger partial charge in [-0.15, -0.1) is 0 Å². The van der Waals surface area contributed by atoms with Gasteiger partial charge in [0.15, 0.2) is 0 Å². The van der Waals surface area contributed by atoms with E-state index in [9.17, 15) is 4.79 Å². The quantitative estimate of drug-likeness (QED) is 0.592. The number of carbonyl (C=O) groups is 1. The van der Waals surface area contributed by atoms with Crippen LogP contribution in [0.25, 0.3) is 11.4 Å². The van der Waals surface area contributed by atoms with Crippen LogP contribution in [0, 0.1) is 0 Å². The number of unbranched alkanes of at least 4 members (excludes halogenated alkanes) is 1. The van der Waals surface area contributed by atoms with Gasteiger partial charge < -0.3 is 24.3 Å². The van der Waals surface area contributed by atoms with Crippen LogP contribution in [0.15, 0.2) is 36.5 Å². The minimum atomic E-state index is -0.401. The van der Waals surface area contributed by atoms with Crippen LogP contribution in [0.1, 0.15) is 44.3 Å². The summed E-state index contributed by atoms with van der Waals surface area (Å²) < 4.78 is 13.2. The molecule has 7 heteroatoms. The zero-order valence-electron chi connectivity index (χ0n) is 18.6. The highest BCUT2D eigenvalue weighted by Crippen LogP contribution is 2.36. The highest BCUT2D eigenvalue weighted by atomic mass is 16.5. The van der Waals surface area contributed by atoms with Gasteiger partial charge >= 0.3 is 0 Å². The zero-order valence-corrected chi connectivity index (χ0v) is 18.6. The highest BCUT2D eigenvalue weighted by molar-refractivity contribution is 5.82. The van der Waals surface area contributed by atoms with Crippen molar-refractivity contribution < 1.29 is 14.3 Å². The van der Waals surface area contributed by atoms with Crippen LogP contribution in [-0.2, 0) is 20.8 Å². The van der Waals surface area contributed by atoms with Gasteiger partial charge in [-0.25, -0.2) is 4.98 Å². The minimum Gasteiger partial charge on any atom is -0.385 e. The summed E-state index contributed by atoms with van der Waals surface area (Å²) in [6.45, 7) is 5.70. The Morgan fingerprint density at radius 2 is 2.13 bits per heavy atom. The highest BCUT2D eigenvalue weighted by Gasteiger charge is 2.40. The van der Waals surface area contributed by atoms with Crippen molar-refractivity contribution in [1.29, 1.82) is 0 Å². The molecule has 2 aliphatic rings. The molecule has 2 aromatic rings. The smallest absolute Gasteiger partial charge is 0.253 e. The number of ether oxygens (including phenoxy) is 2. The average Bonchev–Trinajstić information content (AvgIpc) is 3.55. The van der Waals surface area contributed by atoms with E-state index in [1.807, 2.05) is 23.1 Å². The number of rotatable bonds is 10. The van der Waals surface area contributed by atoms with Gasteiger partial charge in [-0.1, -0.05) is 30.3 Å². The van der Waals surface area contributed by atoms with E-state index in [4.69, 9.17) is 14.5 Å². The number of nitrogens with zero attached hydrogens (tertiary/aromatic N) is 3. The number of benzene rings is 1. The normalized spacial score (nSPS) is 19.9. The summed E-state index contributed by atoms with van der Waals surface area (Å²) in [5.74, 6) is 1.04. The molecule has 1 saturated carbocycles. The van der Waals surface area contributed by atoms with Gasteiger partial charge in [0.2, 0.25) is 0 Å². The SMILES string of the molecule is COCCCCn1cc([C@@H](C)N(C(=O)[C@H]2CNCCO2)C2CC2)nc1-c1ccccc1. The maximum atomic E-state index is 13.3. The Kier molecular flexibility index (Phi) is 7.37. The Labute approximate surface area is 184 Å². The van der Waals surface area contributed by atoms with Crippen LogP contribution in [0.5, 0.6) is 0 Å². The van der Waals surface area contributed by atoms with Gasteiger partial charge in [-0.2, -0.15) is 0 Å². The molecule has 0 radical (unpaired) electrons. The second-order valence-electron chi connectivity index (χ2n) is 8.46. The summed E-state index contributed by atoms with van der Waals surface area (Å²) in [6.07, 6.45) is 5.86. The first-order valence-corrected chi connectivity index (χ1v) is 11.4. The maximum Gasteiger partial charge on any atom is 0.253 e. The number of methoxy groups -OCH3 is 1. The van der Waals surface area contributed by atoms with Crippen LogP contribution in [0.4, 0.5) is 0 Å². The predicted molar refractivity (Wildman–Crippen MR) is 120 cm³/mol. The topological polar surface area (TPSA) is 68.6 Å². The van der Waals surface area contributed by atoms with E-state index in [1.165, 1.54) is 0 Å². The Bertz CT molecular complexity index is 844. The predicted octanol–water partition coefficient (Wildman–Crippen LogP) is 3.02. The Morgan fingerprint density at radius 3 is 2.81 bits per heavy atom. The summed E-state index contributed by atoms with van der Waals surface area (Å²) in [7, 11) is 1.74. The van der Waals surface area contributed by atoms with Crippen LogP contribution >= 0.6 is 0 Å². The number of hydrogen-bond donors (Lipinski definition) is 1. The Morgan fingerprint density at radius 1 is 1.32 bits per heavy atom. The first-order chi connectivity index (χ1) is 15.2. The molecule has 4 rings (SSSR count). The molecule has 168 valence electrons. The number of carbonyl (C=O) groups excluding carboxylic acids is 1. The van der Waals surface area contributed by atoms with Crippen LogP contribution in [0.2, 0.25) is 0 Å². The fraction of sp³-hybridized carbons (Fsp3) is 0.583. The van der Waals surface area contributed by atoms with Crippen molar-refractivity contribution in [2.24, 2.45) is 0 Å². The lowest BCUT2D eigenvalue weighted by Crippen LogP contribution is -2.50. The molecule has 1 saturated heterocycles. The van der Waals surface area contributed by atoms with Crippen molar-refractivity contribution in [3.05, 3.63) is 42.2 Å². The molecule has 1 N–H and O–H groups in total. The molecule has 1 aliphatic heterocycles. The fourth-order valence-electron chi connectivity index (χ4n) is 4.23. The number of aryl methyl sites for hydroxylation is 1. The molecule has 2 fully saturated rings. The lowest BCUT2D eigenvalue weighted by molar-refractivity contribution is -0.148. The summed E-state index contributed by atoms with van der Waals surface area (Å²) in [4.78, 5) is 20.3. The van der Waals surface area contributed by atoms with E-state index in [0.717, 1.165) is 62.5 Å². The van der Waals surface area contributed by atoms with Crippen molar-refractivity contribution in [2.75, 3.05) is 33.4 Å². The van der Waals surface area contributed by atoms with Gasteiger partial charge in [-0.3, -0.25) is 4.79 Å². The largest absolute Gasteiger partial charge is 0.385 e. The fourth-order valence-corrected chi connectivity index (χ4v) is 4.23. The second kappa shape index (κ2) is 10.4. The molecule has 1 aliphatic carbocycles. The third kappa shape index (κ3) is 5.34. The summed E-state index contributed by atoms with van der Waals surface area (Å²) >= 11 is 0. The zero-order chi connectivity index (χ0) is 21.6. The number of imidazole rings is 1. The first-order valence-electron chi connectivity index (χ1n) is 11.4. The Balaban J connectivity index is 1.57. The summed E-state index contributed by atoms with van der Waals surface area (Å²) in [6, 6.07) is 10.5. The standard InChI is InChI=1S/C24H34N4O3/c1-18(28(20-10-11-20)24(29)22-16-25-12-15-31-22)21-17-27(13-6-7-14-30-2)23(26-21)19-8-4-3-5-9-19/h3-5,8-9,17-18,20,22,25H,6-7,10-16H2,1-2H3/t18-,22-/m1/s1. The van der Waals surface area contributed by atoms with Crippen molar-refractivity contribution in [2.45, 2.75) is 57.3 Å². The first kappa shape index (κ1) is 22.0. The lowest BCUT2D eigenvalue weighted by atomic mass is 10.1. The second-order valence-corrected chi connectivity index (χ2v) is 8.46. The average molecular weight is 427 g/mol. The van der Waals surface area contributed by atoms with E-state index >= 15 is 0 Å². The molecule has 2 atom stereocenters. The molecular weight excluding hydrogens is 392 g/mol. The van der Waals surface area contributed by atoms with Crippen LogP contribution < -0.4 is 5.32 Å². The van der Waals surface area contributed by atoms with Gasteiger partial charge in [0.25, 0.3) is 5.91 Å². The van der Waals surface area contributed by atoms with E-state index in [2.05, 4.69) is 35.1 Å². The molecule has 1 aromatic heterocycles. The third-order valence-electron chi connectivity index (χ3n) is 6.07. The number of nitrogens with one attached hydrogen (secondary N) is 1. The monoisotopic (exact) mass is 426 g/mol. The van der Waals surface area contributed by atoms with Gasteiger partial charge in [0.05, 0.1) is 18.3 Å². The Hall–Kier alpha value is -2.22.